The van der Waals surface area contributed by atoms with E-state index < -0.39 is 0 Å². The lowest BCUT2D eigenvalue weighted by atomic mass is 10.0. The molecule has 0 radical (unpaired) electrons. The van der Waals surface area contributed by atoms with Gasteiger partial charge in [0.2, 0.25) is 0 Å². The first-order chi connectivity index (χ1) is 16.6. The van der Waals surface area contributed by atoms with Crippen molar-refractivity contribution in [2.75, 3.05) is 35.3 Å². The Morgan fingerprint density at radius 1 is 0.824 bits per heavy atom. The van der Waals surface area contributed by atoms with E-state index in [0.29, 0.717) is 22.6 Å². The van der Waals surface area contributed by atoms with Crippen molar-refractivity contribution in [3.63, 3.8) is 0 Å². The van der Waals surface area contributed by atoms with Gasteiger partial charge in [-0.3, -0.25) is 9.59 Å². The van der Waals surface area contributed by atoms with Gasteiger partial charge in [-0.05, 0) is 67.8 Å². The minimum absolute atomic E-state index is 0.241. The Kier molecular flexibility index (Phi) is 5.80. The van der Waals surface area contributed by atoms with Crippen LogP contribution in [0.25, 0.3) is 5.57 Å². The Balaban J connectivity index is 1.55. The molecule has 0 aromatic heterocycles. The Hall–Kier alpha value is -4.06. The molecule has 0 unspecified atom stereocenters. The lowest BCUT2D eigenvalue weighted by Gasteiger charge is -2.18. The fourth-order valence-corrected chi connectivity index (χ4v) is 4.62. The molecule has 2 heterocycles. The van der Waals surface area contributed by atoms with Crippen molar-refractivity contribution in [2.24, 2.45) is 0 Å². The van der Waals surface area contributed by atoms with Gasteiger partial charge in [-0.25, -0.2) is 4.90 Å². The zero-order valence-corrected chi connectivity index (χ0v) is 19.4. The average molecular weight is 454 g/mol. The highest BCUT2D eigenvalue weighted by Gasteiger charge is 2.41. The van der Waals surface area contributed by atoms with Crippen LogP contribution in [0.15, 0.2) is 78.5 Å². The highest BCUT2D eigenvalue weighted by atomic mass is 16.5. The van der Waals surface area contributed by atoms with E-state index in [1.165, 1.54) is 17.7 Å². The third-order valence-electron chi connectivity index (χ3n) is 6.33. The smallest absolute Gasteiger partial charge is 0.282 e. The number of benzene rings is 3. The number of nitrogens with zero attached hydrogens (tertiary/aromatic N) is 2. The molecule has 0 saturated carbocycles. The fourth-order valence-electron chi connectivity index (χ4n) is 4.62. The summed E-state index contributed by atoms with van der Waals surface area (Å²) in [6.45, 7) is 4.06. The SMILES string of the molecule is COc1ccccc1C1=C(Nc2ccc(N3CCCC3)cc2)C(=O)N(c2cccc(C)c2)C1=O. The normalized spacial score (nSPS) is 15.9. The predicted octanol–water partition coefficient (Wildman–Crippen LogP) is 5.00. The van der Waals surface area contributed by atoms with Gasteiger partial charge in [-0.2, -0.15) is 0 Å². The van der Waals surface area contributed by atoms with E-state index >= 15 is 0 Å². The van der Waals surface area contributed by atoms with Crippen LogP contribution >= 0.6 is 0 Å². The van der Waals surface area contributed by atoms with Gasteiger partial charge in [-0.15, -0.1) is 0 Å². The number of ether oxygens (including phenoxy) is 1. The van der Waals surface area contributed by atoms with Crippen LogP contribution in [0.1, 0.15) is 24.0 Å². The lowest BCUT2D eigenvalue weighted by Crippen LogP contribution is -2.32. The number of imide groups is 1. The van der Waals surface area contributed by atoms with E-state index in [4.69, 9.17) is 4.74 Å². The Morgan fingerprint density at radius 3 is 2.26 bits per heavy atom. The lowest BCUT2D eigenvalue weighted by molar-refractivity contribution is -0.120. The summed E-state index contributed by atoms with van der Waals surface area (Å²) in [6, 6.07) is 22.7. The van der Waals surface area contributed by atoms with Crippen molar-refractivity contribution in [3.8, 4) is 5.75 Å². The maximum Gasteiger partial charge on any atom is 0.282 e. The number of amides is 2. The van der Waals surface area contributed by atoms with Gasteiger partial charge in [-0.1, -0.05) is 30.3 Å². The van der Waals surface area contributed by atoms with Crippen LogP contribution in [0.2, 0.25) is 0 Å². The van der Waals surface area contributed by atoms with Crippen molar-refractivity contribution in [2.45, 2.75) is 19.8 Å². The highest BCUT2D eigenvalue weighted by molar-refractivity contribution is 6.46. The van der Waals surface area contributed by atoms with E-state index in [0.717, 1.165) is 30.0 Å². The van der Waals surface area contributed by atoms with Gasteiger partial charge in [0.1, 0.15) is 11.4 Å². The first-order valence-electron chi connectivity index (χ1n) is 11.5. The van der Waals surface area contributed by atoms with E-state index in [2.05, 4.69) is 22.3 Å². The third-order valence-corrected chi connectivity index (χ3v) is 6.33. The number of carbonyl (C=O) groups is 2. The van der Waals surface area contributed by atoms with Crippen LogP contribution in [-0.4, -0.2) is 32.0 Å². The van der Waals surface area contributed by atoms with Gasteiger partial charge < -0.3 is 15.0 Å². The van der Waals surface area contributed by atoms with Crippen LogP contribution in [-0.2, 0) is 9.59 Å². The molecule has 0 bridgehead atoms. The van der Waals surface area contributed by atoms with Crippen molar-refractivity contribution < 1.29 is 14.3 Å². The van der Waals surface area contributed by atoms with Crippen molar-refractivity contribution in [3.05, 3.63) is 89.6 Å². The largest absolute Gasteiger partial charge is 0.496 e. The summed E-state index contributed by atoms with van der Waals surface area (Å²) in [4.78, 5) is 30.9. The fraction of sp³-hybridized carbons (Fsp3) is 0.214. The summed E-state index contributed by atoms with van der Waals surface area (Å²) in [6.07, 6.45) is 2.42. The minimum Gasteiger partial charge on any atom is -0.496 e. The van der Waals surface area contributed by atoms with Crippen LogP contribution in [0.4, 0.5) is 17.1 Å². The minimum atomic E-state index is -0.389. The molecule has 1 saturated heterocycles. The molecule has 172 valence electrons. The average Bonchev–Trinajstić information content (AvgIpc) is 3.47. The quantitative estimate of drug-likeness (QED) is 0.532. The number of hydrogen-bond acceptors (Lipinski definition) is 5. The van der Waals surface area contributed by atoms with Crippen LogP contribution < -0.4 is 19.9 Å². The standard InChI is InChI=1S/C28H27N3O3/c1-19-8-7-9-22(18-19)31-27(32)25(23-10-3-4-11-24(23)34-2)26(28(31)33)29-20-12-14-21(15-13-20)30-16-5-6-17-30/h3-4,7-15,18,29H,5-6,16-17H2,1-2H3. The maximum atomic E-state index is 13.7. The zero-order valence-electron chi connectivity index (χ0n) is 19.4. The second-order valence-corrected chi connectivity index (χ2v) is 8.60. The van der Waals surface area contributed by atoms with Crippen LogP contribution in [0, 0.1) is 6.92 Å². The molecule has 2 amide bonds. The molecule has 2 aliphatic heterocycles. The summed E-state index contributed by atoms with van der Waals surface area (Å²) >= 11 is 0. The topological polar surface area (TPSA) is 61.9 Å². The molecular weight excluding hydrogens is 426 g/mol. The zero-order chi connectivity index (χ0) is 23.7. The molecule has 0 spiro atoms. The van der Waals surface area contributed by atoms with Gasteiger partial charge >= 0.3 is 0 Å². The third kappa shape index (κ3) is 3.92. The molecule has 34 heavy (non-hydrogen) atoms. The van der Waals surface area contributed by atoms with Gasteiger partial charge in [0.05, 0.1) is 18.4 Å². The second kappa shape index (κ2) is 9.06. The number of nitrogens with one attached hydrogen (secondary N) is 1. The number of aryl methyl sites for hydroxylation is 1. The van der Waals surface area contributed by atoms with Crippen molar-refractivity contribution in [1.82, 2.24) is 0 Å². The van der Waals surface area contributed by atoms with Crippen LogP contribution in [0.5, 0.6) is 5.75 Å². The first-order valence-corrected chi connectivity index (χ1v) is 11.5. The molecule has 6 nitrogen and oxygen atoms in total. The number of anilines is 3. The van der Waals surface area contributed by atoms with E-state index in [1.54, 1.807) is 25.3 Å². The molecule has 0 atom stereocenters. The highest BCUT2D eigenvalue weighted by Crippen LogP contribution is 2.37. The number of methoxy groups -OCH3 is 1. The second-order valence-electron chi connectivity index (χ2n) is 8.60. The maximum absolute atomic E-state index is 13.7. The number of para-hydroxylation sites is 1. The van der Waals surface area contributed by atoms with E-state index in [-0.39, 0.29) is 17.5 Å². The van der Waals surface area contributed by atoms with Crippen molar-refractivity contribution in [1.29, 1.82) is 0 Å². The molecule has 1 fully saturated rings. The Bertz CT molecular complexity index is 1270. The van der Waals surface area contributed by atoms with E-state index in [1.807, 2.05) is 49.4 Å². The summed E-state index contributed by atoms with van der Waals surface area (Å²) in [5, 5.41) is 3.25. The summed E-state index contributed by atoms with van der Waals surface area (Å²) < 4.78 is 5.52. The molecule has 3 aromatic rings. The van der Waals surface area contributed by atoms with Gasteiger partial charge in [0.25, 0.3) is 11.8 Å². The molecule has 0 aliphatic carbocycles. The molecule has 3 aromatic carbocycles. The number of rotatable bonds is 6. The summed E-state index contributed by atoms with van der Waals surface area (Å²) in [5.74, 6) is -0.232. The molecule has 5 rings (SSSR count). The van der Waals surface area contributed by atoms with Crippen LogP contribution in [0.3, 0.4) is 0 Å². The predicted molar refractivity (Wildman–Crippen MR) is 135 cm³/mol. The summed E-state index contributed by atoms with van der Waals surface area (Å²) in [5.41, 5.74) is 4.54. The van der Waals surface area contributed by atoms with Crippen molar-refractivity contribution >= 4 is 34.4 Å². The summed E-state index contributed by atoms with van der Waals surface area (Å²) in [7, 11) is 1.56. The van der Waals surface area contributed by atoms with Gasteiger partial charge in [0.15, 0.2) is 0 Å². The number of carbonyl (C=O) groups excluding carboxylic acids is 2. The molecule has 1 N–H and O–H groups in total. The first kappa shape index (κ1) is 21.8. The van der Waals surface area contributed by atoms with Gasteiger partial charge in [0, 0.05) is 30.0 Å². The number of hydrogen-bond donors (Lipinski definition) is 1. The molecule has 6 heteroatoms. The van der Waals surface area contributed by atoms with E-state index in [9.17, 15) is 9.59 Å². The monoisotopic (exact) mass is 453 g/mol. The molecule has 2 aliphatic rings. The molecular formula is C28H27N3O3. The Labute approximate surface area is 199 Å². The Morgan fingerprint density at radius 2 is 1.56 bits per heavy atom.